The third-order valence-electron chi connectivity index (χ3n) is 3.11. The van der Waals surface area contributed by atoms with Gasteiger partial charge in [-0.25, -0.2) is 9.38 Å². The van der Waals surface area contributed by atoms with E-state index in [1.807, 2.05) is 31.2 Å². The van der Waals surface area contributed by atoms with Crippen LogP contribution in [0.15, 0.2) is 58.4 Å². The second-order valence-electron chi connectivity index (χ2n) is 4.84. The molecule has 0 spiro atoms. The van der Waals surface area contributed by atoms with Crippen LogP contribution in [-0.4, -0.2) is 11.1 Å². The van der Waals surface area contributed by atoms with Crippen molar-refractivity contribution < 1.29 is 9.18 Å². The third-order valence-corrected chi connectivity index (χ3v) is 4.02. The molecule has 0 unspecified atom stereocenters. The number of nitrogens with one attached hydrogen (secondary N) is 1. The Morgan fingerprint density at radius 1 is 1.14 bits per heavy atom. The first-order valence-electron chi connectivity index (χ1n) is 6.72. The van der Waals surface area contributed by atoms with E-state index in [2.05, 4.69) is 10.3 Å². The van der Waals surface area contributed by atoms with E-state index in [1.165, 1.54) is 23.9 Å². The van der Waals surface area contributed by atoms with Crippen molar-refractivity contribution in [2.24, 2.45) is 4.99 Å². The Bertz CT molecular complexity index is 782. The van der Waals surface area contributed by atoms with Crippen LogP contribution in [0.2, 0.25) is 0 Å². The molecule has 5 heteroatoms. The summed E-state index contributed by atoms with van der Waals surface area (Å²) in [5, 5.41) is 3.19. The second kappa shape index (κ2) is 6.15. The number of thioether (sulfide) groups is 1. The van der Waals surface area contributed by atoms with Crippen molar-refractivity contribution in [3.05, 3.63) is 70.4 Å². The highest BCUT2D eigenvalue weighted by Gasteiger charge is 2.24. The highest BCUT2D eigenvalue weighted by Crippen LogP contribution is 2.28. The Hall–Kier alpha value is -2.40. The summed E-state index contributed by atoms with van der Waals surface area (Å²) in [4.78, 5) is 16.7. The summed E-state index contributed by atoms with van der Waals surface area (Å²) in [7, 11) is 0. The van der Waals surface area contributed by atoms with Gasteiger partial charge in [0.1, 0.15) is 5.82 Å². The van der Waals surface area contributed by atoms with E-state index < -0.39 is 0 Å². The van der Waals surface area contributed by atoms with Gasteiger partial charge in [0.15, 0.2) is 5.17 Å². The molecule has 3 nitrogen and oxygen atoms in total. The number of benzene rings is 2. The van der Waals surface area contributed by atoms with Gasteiger partial charge in [-0.3, -0.25) is 4.79 Å². The first-order valence-corrected chi connectivity index (χ1v) is 7.54. The Balaban J connectivity index is 1.84. The van der Waals surface area contributed by atoms with Crippen molar-refractivity contribution in [2.45, 2.75) is 6.92 Å². The highest BCUT2D eigenvalue weighted by molar-refractivity contribution is 8.18. The lowest BCUT2D eigenvalue weighted by Gasteiger charge is -1.97. The Kier molecular flexibility index (Phi) is 4.06. The first kappa shape index (κ1) is 14.5. The van der Waals surface area contributed by atoms with Gasteiger partial charge in [0.25, 0.3) is 5.91 Å². The van der Waals surface area contributed by atoms with E-state index in [0.29, 0.717) is 15.6 Å². The minimum absolute atomic E-state index is 0.265. The molecule has 0 atom stereocenters. The minimum atomic E-state index is -0.354. The fraction of sp³-hybridized carbons (Fsp3) is 0.0588. The van der Waals surface area contributed by atoms with E-state index >= 15 is 0 Å². The lowest BCUT2D eigenvalue weighted by Crippen LogP contribution is -2.19. The molecule has 0 radical (unpaired) electrons. The maximum atomic E-state index is 13.6. The third kappa shape index (κ3) is 3.26. The molecule has 0 saturated carbocycles. The van der Waals surface area contributed by atoms with Crippen LogP contribution in [0.5, 0.6) is 0 Å². The van der Waals surface area contributed by atoms with Crippen LogP contribution >= 0.6 is 11.8 Å². The number of hydrogen-bond acceptors (Lipinski definition) is 3. The molecule has 22 heavy (non-hydrogen) atoms. The zero-order valence-corrected chi connectivity index (χ0v) is 12.7. The molecule has 2 aromatic carbocycles. The summed E-state index contributed by atoms with van der Waals surface area (Å²) in [6.45, 7) is 2.00. The fourth-order valence-corrected chi connectivity index (χ4v) is 2.78. The standard InChI is InChI=1S/C17H13FN2OS/c1-11-6-8-13(9-7-11)19-17-20-16(21)15(22-17)10-12-4-2-3-5-14(12)18/h2-10H,1H3,(H,19,20,21). The molecule has 1 heterocycles. The van der Waals surface area contributed by atoms with Gasteiger partial charge in [-0.05, 0) is 43.0 Å². The topological polar surface area (TPSA) is 41.5 Å². The van der Waals surface area contributed by atoms with Crippen LogP contribution in [0, 0.1) is 12.7 Å². The molecule has 2 aromatic rings. The van der Waals surface area contributed by atoms with Crippen LogP contribution in [0.3, 0.4) is 0 Å². The number of nitrogens with zero attached hydrogens (tertiary/aromatic N) is 1. The summed E-state index contributed by atoms with van der Waals surface area (Å²) < 4.78 is 13.6. The molecule has 1 aliphatic rings. The van der Waals surface area contributed by atoms with Gasteiger partial charge in [-0.2, -0.15) is 0 Å². The maximum absolute atomic E-state index is 13.6. The van der Waals surface area contributed by atoms with Crippen LogP contribution in [-0.2, 0) is 4.79 Å². The van der Waals surface area contributed by atoms with Gasteiger partial charge in [0, 0.05) is 5.56 Å². The quantitative estimate of drug-likeness (QED) is 0.851. The van der Waals surface area contributed by atoms with Gasteiger partial charge in [-0.1, -0.05) is 35.9 Å². The summed E-state index contributed by atoms with van der Waals surface area (Å²) in [5.74, 6) is -0.619. The van der Waals surface area contributed by atoms with Gasteiger partial charge in [0.05, 0.1) is 10.6 Å². The second-order valence-corrected chi connectivity index (χ2v) is 5.87. The summed E-state index contributed by atoms with van der Waals surface area (Å²) in [6.07, 6.45) is 1.53. The molecule has 110 valence electrons. The van der Waals surface area contributed by atoms with Gasteiger partial charge >= 0.3 is 0 Å². The lowest BCUT2D eigenvalue weighted by atomic mass is 10.2. The minimum Gasteiger partial charge on any atom is -0.300 e. The van der Waals surface area contributed by atoms with E-state index in [-0.39, 0.29) is 11.7 Å². The smallest absolute Gasteiger partial charge is 0.264 e. The number of aryl methyl sites for hydroxylation is 1. The van der Waals surface area contributed by atoms with Gasteiger partial charge in [0.2, 0.25) is 0 Å². The van der Waals surface area contributed by atoms with E-state index in [9.17, 15) is 9.18 Å². The average Bonchev–Trinajstić information content (AvgIpc) is 2.84. The number of hydrogen-bond donors (Lipinski definition) is 1. The van der Waals surface area contributed by atoms with E-state index in [0.717, 1.165) is 11.3 Å². The SMILES string of the molecule is Cc1ccc(N=C2NC(=O)C(=Cc3ccccc3F)S2)cc1. The first-order chi connectivity index (χ1) is 10.6. The van der Waals surface area contributed by atoms with Crippen molar-refractivity contribution in [3.8, 4) is 0 Å². The summed E-state index contributed by atoms with van der Waals surface area (Å²) in [5.41, 5.74) is 2.30. The molecule has 0 aliphatic carbocycles. The number of aliphatic imine (C=N–C) groups is 1. The molecule has 0 bridgehead atoms. The molecule has 0 aromatic heterocycles. The van der Waals surface area contributed by atoms with Gasteiger partial charge < -0.3 is 5.32 Å². The molecule has 1 N–H and O–H groups in total. The molecular formula is C17H13FN2OS. The summed E-state index contributed by atoms with van der Waals surface area (Å²) in [6, 6.07) is 14.0. The molecule has 1 aliphatic heterocycles. The molecule has 1 saturated heterocycles. The van der Waals surface area contributed by atoms with Crippen molar-refractivity contribution in [3.63, 3.8) is 0 Å². The predicted molar refractivity (Wildman–Crippen MR) is 88.4 cm³/mol. The van der Waals surface area contributed by atoms with Crippen molar-refractivity contribution >= 4 is 34.6 Å². The Morgan fingerprint density at radius 3 is 2.59 bits per heavy atom. The molecule has 3 rings (SSSR count). The zero-order chi connectivity index (χ0) is 15.5. The largest absolute Gasteiger partial charge is 0.300 e. The van der Waals surface area contributed by atoms with Gasteiger partial charge in [-0.15, -0.1) is 0 Å². The zero-order valence-electron chi connectivity index (χ0n) is 11.8. The van der Waals surface area contributed by atoms with E-state index in [4.69, 9.17) is 0 Å². The normalized spacial score (nSPS) is 18.0. The summed E-state index contributed by atoms with van der Waals surface area (Å²) >= 11 is 1.21. The van der Waals surface area contributed by atoms with Crippen LogP contribution in [0.1, 0.15) is 11.1 Å². The van der Waals surface area contributed by atoms with E-state index in [1.54, 1.807) is 18.2 Å². The molecule has 1 amide bonds. The maximum Gasteiger partial charge on any atom is 0.264 e. The monoisotopic (exact) mass is 312 g/mol. The van der Waals surface area contributed by atoms with Crippen molar-refractivity contribution in [1.29, 1.82) is 0 Å². The number of amides is 1. The number of amidine groups is 1. The number of carbonyl (C=O) groups is 1. The highest BCUT2D eigenvalue weighted by atomic mass is 32.2. The Labute approximate surface area is 132 Å². The number of rotatable bonds is 2. The van der Waals surface area contributed by atoms with Crippen molar-refractivity contribution in [1.82, 2.24) is 5.32 Å². The molecule has 1 fully saturated rings. The fourth-order valence-electron chi connectivity index (χ4n) is 1.95. The number of carbonyl (C=O) groups excluding carboxylic acids is 1. The van der Waals surface area contributed by atoms with Crippen LogP contribution in [0.25, 0.3) is 6.08 Å². The molecular weight excluding hydrogens is 299 g/mol. The van der Waals surface area contributed by atoms with Crippen LogP contribution < -0.4 is 5.32 Å². The van der Waals surface area contributed by atoms with Crippen LogP contribution in [0.4, 0.5) is 10.1 Å². The van der Waals surface area contributed by atoms with Crippen molar-refractivity contribution in [2.75, 3.05) is 0 Å². The number of halogens is 1. The Morgan fingerprint density at radius 2 is 1.86 bits per heavy atom. The predicted octanol–water partition coefficient (Wildman–Crippen LogP) is 4.03. The average molecular weight is 312 g/mol. The lowest BCUT2D eigenvalue weighted by molar-refractivity contribution is -0.115.